The first kappa shape index (κ1) is 17.0. The topological polar surface area (TPSA) is 56.5 Å². The summed E-state index contributed by atoms with van der Waals surface area (Å²) >= 11 is 0. The van der Waals surface area contributed by atoms with Crippen molar-refractivity contribution in [2.75, 3.05) is 27.3 Å². The Balaban J connectivity index is 2.91. The average molecular weight is 286 g/mol. The smallest absolute Gasteiger partial charge is 0.119 e. The Morgan fingerprint density at radius 1 is 1.43 bits per heavy atom. The number of hydrogen-bond acceptors (Lipinski definition) is 4. The molecule has 1 aromatic carbocycles. The van der Waals surface area contributed by atoms with Crippen LogP contribution in [0.25, 0.3) is 0 Å². The maximum absolute atomic E-state index is 8.89. The number of aliphatic hydroxyl groups excluding tert-OH is 1. The van der Waals surface area contributed by atoms with Gasteiger partial charge in [-0.3, -0.25) is 0 Å². The van der Waals surface area contributed by atoms with Crippen LogP contribution in [-0.2, 0) is 6.54 Å². The van der Waals surface area contributed by atoms with Crippen molar-refractivity contribution in [3.63, 3.8) is 0 Å². The highest BCUT2D eigenvalue weighted by Gasteiger charge is 2.09. The van der Waals surface area contributed by atoms with Crippen molar-refractivity contribution < 1.29 is 9.84 Å². The molecular weight excluding hydrogens is 264 g/mol. The van der Waals surface area contributed by atoms with Gasteiger partial charge in [-0.1, -0.05) is 11.8 Å². The van der Waals surface area contributed by atoms with Crippen LogP contribution in [0.1, 0.15) is 24.5 Å². The van der Waals surface area contributed by atoms with Gasteiger partial charge in [-0.2, -0.15) is 5.26 Å². The lowest BCUT2D eigenvalue weighted by Crippen LogP contribution is -2.23. The molecule has 0 radical (unpaired) electrons. The normalized spacial score (nSPS) is 11.4. The van der Waals surface area contributed by atoms with Gasteiger partial charge >= 0.3 is 0 Å². The molecule has 0 saturated carbocycles. The summed E-state index contributed by atoms with van der Waals surface area (Å²) in [5, 5.41) is 17.7. The molecular formula is C17H22N2O2. The van der Waals surface area contributed by atoms with Crippen molar-refractivity contribution in [2.45, 2.75) is 19.9 Å². The fraction of sp³-hybridized carbons (Fsp3) is 0.471. The molecule has 0 fully saturated rings. The molecule has 1 aromatic rings. The van der Waals surface area contributed by atoms with E-state index in [9.17, 15) is 0 Å². The minimum atomic E-state index is -0.00969. The second-order valence-corrected chi connectivity index (χ2v) is 5.03. The molecule has 21 heavy (non-hydrogen) atoms. The molecule has 0 bridgehead atoms. The summed E-state index contributed by atoms with van der Waals surface area (Å²) in [4.78, 5) is 2.10. The first-order valence-corrected chi connectivity index (χ1v) is 6.95. The van der Waals surface area contributed by atoms with Crippen LogP contribution in [0.2, 0.25) is 0 Å². The van der Waals surface area contributed by atoms with Gasteiger partial charge in [-0.25, -0.2) is 0 Å². The van der Waals surface area contributed by atoms with E-state index in [0.29, 0.717) is 19.5 Å². The van der Waals surface area contributed by atoms with Gasteiger partial charge in [-0.05, 0) is 37.7 Å². The third kappa shape index (κ3) is 5.87. The molecule has 0 heterocycles. The number of aliphatic hydroxyl groups is 1. The summed E-state index contributed by atoms with van der Waals surface area (Å²) in [5.41, 5.74) is 1.99. The summed E-state index contributed by atoms with van der Waals surface area (Å²) < 4.78 is 5.26. The van der Waals surface area contributed by atoms with Crippen LogP contribution in [-0.4, -0.2) is 37.3 Å². The Hall–Kier alpha value is -2.01. The van der Waals surface area contributed by atoms with E-state index in [-0.39, 0.29) is 12.5 Å². The zero-order chi connectivity index (χ0) is 15.7. The molecule has 1 rings (SSSR count). The summed E-state index contributed by atoms with van der Waals surface area (Å²) in [5.74, 6) is 6.81. The SMILES string of the molecule is COc1ccc(C#CCCO)c(CN(C)CC(C)C#N)c1. The predicted octanol–water partition coefficient (Wildman–Crippen LogP) is 2.02. The lowest BCUT2D eigenvalue weighted by Gasteiger charge is -2.19. The zero-order valence-electron chi connectivity index (χ0n) is 12.9. The standard InChI is InChI=1S/C17H22N2O2/c1-14(11-18)12-19(2)13-16-10-17(21-3)8-7-15(16)6-4-5-9-20/h7-8,10,14,20H,5,9,12-13H2,1-3H3. The van der Waals surface area contributed by atoms with Crippen LogP contribution in [0, 0.1) is 29.1 Å². The minimum Gasteiger partial charge on any atom is -0.497 e. The van der Waals surface area contributed by atoms with E-state index < -0.39 is 0 Å². The number of rotatable bonds is 6. The molecule has 0 amide bonds. The maximum atomic E-state index is 8.89. The number of ether oxygens (including phenoxy) is 1. The van der Waals surface area contributed by atoms with E-state index in [1.165, 1.54) is 0 Å². The maximum Gasteiger partial charge on any atom is 0.119 e. The quantitative estimate of drug-likeness (QED) is 0.813. The molecule has 1 atom stereocenters. The molecule has 4 heteroatoms. The van der Waals surface area contributed by atoms with E-state index >= 15 is 0 Å². The predicted molar refractivity (Wildman–Crippen MR) is 82.7 cm³/mol. The summed E-state index contributed by atoms with van der Waals surface area (Å²) in [6.07, 6.45) is 0.465. The van der Waals surface area contributed by atoms with E-state index in [4.69, 9.17) is 15.1 Å². The monoisotopic (exact) mass is 286 g/mol. The number of nitrogens with zero attached hydrogens (tertiary/aromatic N) is 2. The van der Waals surface area contributed by atoms with Crippen LogP contribution < -0.4 is 4.74 Å². The van der Waals surface area contributed by atoms with Gasteiger partial charge < -0.3 is 14.7 Å². The Bertz CT molecular complexity index is 552. The zero-order valence-corrected chi connectivity index (χ0v) is 12.9. The fourth-order valence-corrected chi connectivity index (χ4v) is 2.03. The Kier molecular flexibility index (Phi) is 7.32. The molecule has 4 nitrogen and oxygen atoms in total. The highest BCUT2D eigenvalue weighted by molar-refractivity contribution is 5.45. The molecule has 0 saturated heterocycles. The summed E-state index contributed by atoms with van der Waals surface area (Å²) in [6, 6.07) is 8.02. The van der Waals surface area contributed by atoms with Crippen LogP contribution in [0.4, 0.5) is 0 Å². The number of hydrogen-bond donors (Lipinski definition) is 1. The van der Waals surface area contributed by atoms with Gasteiger partial charge in [-0.15, -0.1) is 0 Å². The van der Waals surface area contributed by atoms with Gasteiger partial charge in [0.1, 0.15) is 5.75 Å². The molecule has 0 spiro atoms. The summed E-state index contributed by atoms with van der Waals surface area (Å²) in [7, 11) is 3.62. The van der Waals surface area contributed by atoms with Crippen molar-refractivity contribution >= 4 is 0 Å². The van der Waals surface area contributed by atoms with Crippen LogP contribution >= 0.6 is 0 Å². The van der Waals surface area contributed by atoms with E-state index in [2.05, 4.69) is 22.8 Å². The average Bonchev–Trinajstić information content (AvgIpc) is 2.48. The lowest BCUT2D eigenvalue weighted by molar-refractivity contribution is 0.302. The lowest BCUT2D eigenvalue weighted by atomic mass is 10.1. The van der Waals surface area contributed by atoms with Gasteiger partial charge in [0, 0.05) is 25.1 Å². The van der Waals surface area contributed by atoms with Crippen molar-refractivity contribution in [3.8, 4) is 23.7 Å². The van der Waals surface area contributed by atoms with Crippen molar-refractivity contribution in [1.82, 2.24) is 4.90 Å². The molecule has 0 aromatic heterocycles. The highest BCUT2D eigenvalue weighted by Crippen LogP contribution is 2.19. The van der Waals surface area contributed by atoms with Crippen molar-refractivity contribution in [3.05, 3.63) is 29.3 Å². The largest absolute Gasteiger partial charge is 0.497 e. The molecule has 1 unspecified atom stereocenters. The van der Waals surface area contributed by atoms with E-state index in [1.54, 1.807) is 7.11 Å². The van der Waals surface area contributed by atoms with Crippen molar-refractivity contribution in [1.29, 1.82) is 5.26 Å². The Labute approximate surface area is 127 Å². The summed E-state index contributed by atoms with van der Waals surface area (Å²) in [6.45, 7) is 3.38. The highest BCUT2D eigenvalue weighted by atomic mass is 16.5. The number of methoxy groups -OCH3 is 1. The fourth-order valence-electron chi connectivity index (χ4n) is 2.03. The third-order valence-corrected chi connectivity index (χ3v) is 3.02. The van der Waals surface area contributed by atoms with E-state index in [0.717, 1.165) is 16.9 Å². The van der Waals surface area contributed by atoms with Gasteiger partial charge in [0.25, 0.3) is 0 Å². The molecule has 1 N–H and O–H groups in total. The first-order valence-electron chi connectivity index (χ1n) is 6.95. The van der Waals surface area contributed by atoms with Crippen LogP contribution in [0.15, 0.2) is 18.2 Å². The van der Waals surface area contributed by atoms with E-state index in [1.807, 2.05) is 32.2 Å². The van der Waals surface area contributed by atoms with Crippen molar-refractivity contribution in [2.24, 2.45) is 5.92 Å². The molecule has 112 valence electrons. The minimum absolute atomic E-state index is 0.00969. The van der Waals surface area contributed by atoms with Crippen LogP contribution in [0.5, 0.6) is 5.75 Å². The second-order valence-electron chi connectivity index (χ2n) is 5.03. The van der Waals surface area contributed by atoms with Gasteiger partial charge in [0.15, 0.2) is 0 Å². The number of benzene rings is 1. The van der Waals surface area contributed by atoms with Gasteiger partial charge in [0.05, 0.1) is 25.7 Å². The molecule has 0 aliphatic heterocycles. The third-order valence-electron chi connectivity index (χ3n) is 3.02. The Morgan fingerprint density at radius 2 is 2.19 bits per heavy atom. The Morgan fingerprint density at radius 3 is 2.81 bits per heavy atom. The first-order chi connectivity index (χ1) is 10.1. The molecule has 0 aliphatic rings. The van der Waals surface area contributed by atoms with Crippen LogP contribution in [0.3, 0.4) is 0 Å². The molecule has 0 aliphatic carbocycles. The second kappa shape index (κ2) is 9.02. The number of nitriles is 1. The van der Waals surface area contributed by atoms with Gasteiger partial charge in [0.2, 0.25) is 0 Å².